The molecule has 0 aliphatic rings. The summed E-state index contributed by atoms with van der Waals surface area (Å²) in [5, 5.41) is 43.6. The summed E-state index contributed by atoms with van der Waals surface area (Å²) in [6, 6.07) is 0. The number of carbonyl (C=O) groups is 4. The van der Waals surface area contributed by atoms with E-state index in [0.717, 1.165) is 6.42 Å². The summed E-state index contributed by atoms with van der Waals surface area (Å²) in [7, 11) is 0. The highest BCUT2D eigenvalue weighted by Crippen LogP contribution is 2.31. The first-order valence-electron chi connectivity index (χ1n) is 6.08. The Hall–Kier alpha value is -2.12. The average Bonchev–Trinajstić information content (AvgIpc) is 2.31. The van der Waals surface area contributed by atoms with Gasteiger partial charge >= 0.3 is 0 Å². The zero-order valence-corrected chi connectivity index (χ0v) is 10.9. The first-order valence-corrected chi connectivity index (χ1v) is 6.08. The second-order valence-electron chi connectivity index (χ2n) is 4.39. The quantitative estimate of drug-likeness (QED) is 0.287. The molecular formula is C12H14O8-4. The number of aliphatic carboxylic acids is 4. The van der Waals surface area contributed by atoms with E-state index >= 15 is 0 Å². The minimum atomic E-state index is -3.76. The van der Waals surface area contributed by atoms with Crippen molar-refractivity contribution < 1.29 is 39.6 Å². The molecule has 114 valence electrons. The van der Waals surface area contributed by atoms with Gasteiger partial charge in [-0.25, -0.2) is 0 Å². The number of hydrogen-bond acceptors (Lipinski definition) is 8. The van der Waals surface area contributed by atoms with E-state index in [1.54, 1.807) is 0 Å². The van der Waals surface area contributed by atoms with Crippen LogP contribution >= 0.6 is 0 Å². The minimum Gasteiger partial charge on any atom is -0.550 e. The van der Waals surface area contributed by atoms with Crippen molar-refractivity contribution in [3.8, 4) is 0 Å². The van der Waals surface area contributed by atoms with Crippen molar-refractivity contribution in [1.29, 1.82) is 0 Å². The van der Waals surface area contributed by atoms with Crippen LogP contribution in [0.1, 0.15) is 39.0 Å². The molecule has 1 atom stereocenters. The Morgan fingerprint density at radius 1 is 0.850 bits per heavy atom. The highest BCUT2D eigenvalue weighted by atomic mass is 16.4. The van der Waals surface area contributed by atoms with Gasteiger partial charge in [0.25, 0.3) is 0 Å². The topological polar surface area (TPSA) is 161 Å². The number of rotatable bonds is 10. The lowest BCUT2D eigenvalue weighted by atomic mass is 9.72. The number of hydrogen-bond donors (Lipinski definition) is 0. The minimum absolute atomic E-state index is 0.127. The van der Waals surface area contributed by atoms with Crippen molar-refractivity contribution in [2.24, 2.45) is 11.3 Å². The van der Waals surface area contributed by atoms with Gasteiger partial charge in [-0.15, -0.1) is 0 Å². The van der Waals surface area contributed by atoms with E-state index in [2.05, 4.69) is 0 Å². The number of carboxylic acids is 4. The standard InChI is InChI=1S/C12H18O8/c1-2-3-4-5-6-7(8(13)14)12(9(15)16,10(17)18)11(19)20/h7H,2-6H2,1H3,(H,13,14)(H,15,16)(H,17,18)(H,19,20)/p-4. The van der Waals surface area contributed by atoms with Gasteiger partial charge in [-0.1, -0.05) is 32.6 Å². The van der Waals surface area contributed by atoms with Crippen molar-refractivity contribution in [3.63, 3.8) is 0 Å². The van der Waals surface area contributed by atoms with Crippen LogP contribution in [0.4, 0.5) is 0 Å². The van der Waals surface area contributed by atoms with Gasteiger partial charge in [-0.05, 0) is 6.42 Å². The fraction of sp³-hybridized carbons (Fsp3) is 0.667. The summed E-state index contributed by atoms with van der Waals surface area (Å²) >= 11 is 0. The monoisotopic (exact) mass is 286 g/mol. The van der Waals surface area contributed by atoms with Crippen LogP contribution in [0.5, 0.6) is 0 Å². The molecule has 0 aliphatic carbocycles. The fourth-order valence-electron chi connectivity index (χ4n) is 1.96. The molecule has 8 nitrogen and oxygen atoms in total. The van der Waals surface area contributed by atoms with Gasteiger partial charge in [0.2, 0.25) is 0 Å². The molecule has 1 unspecified atom stereocenters. The SMILES string of the molecule is CCCCCCC(C(=O)[O-])C(C(=O)[O-])(C(=O)[O-])C(=O)[O-]. The fourth-order valence-corrected chi connectivity index (χ4v) is 1.96. The second kappa shape index (κ2) is 7.46. The second-order valence-corrected chi connectivity index (χ2v) is 4.39. The lowest BCUT2D eigenvalue weighted by Gasteiger charge is -2.43. The average molecular weight is 286 g/mol. The molecule has 0 aromatic heterocycles. The Labute approximate surface area is 115 Å². The van der Waals surface area contributed by atoms with Gasteiger partial charge in [-0.2, -0.15) is 0 Å². The molecule has 0 fully saturated rings. The molecule has 8 heteroatoms. The van der Waals surface area contributed by atoms with Crippen LogP contribution in [-0.4, -0.2) is 23.9 Å². The summed E-state index contributed by atoms with van der Waals surface area (Å²) in [5.41, 5.74) is -3.76. The highest BCUT2D eigenvalue weighted by molar-refractivity contribution is 6.17. The third-order valence-corrected chi connectivity index (χ3v) is 3.12. The smallest absolute Gasteiger partial charge is 0.0967 e. The van der Waals surface area contributed by atoms with Gasteiger partial charge in [0.05, 0.1) is 23.3 Å². The van der Waals surface area contributed by atoms with Gasteiger partial charge in [0.15, 0.2) is 0 Å². The molecule has 0 saturated heterocycles. The number of unbranched alkanes of at least 4 members (excludes halogenated alkanes) is 3. The summed E-state index contributed by atoms with van der Waals surface area (Å²) in [6.07, 6.45) is 1.61. The van der Waals surface area contributed by atoms with Crippen LogP contribution in [0.25, 0.3) is 0 Å². The molecule has 0 bridgehead atoms. The molecule has 0 heterocycles. The molecule has 0 rings (SSSR count). The Morgan fingerprint density at radius 2 is 1.30 bits per heavy atom. The Morgan fingerprint density at radius 3 is 1.60 bits per heavy atom. The van der Waals surface area contributed by atoms with Gasteiger partial charge in [0.1, 0.15) is 0 Å². The van der Waals surface area contributed by atoms with Crippen LogP contribution in [-0.2, 0) is 19.2 Å². The van der Waals surface area contributed by atoms with E-state index in [1.807, 2.05) is 6.92 Å². The lowest BCUT2D eigenvalue weighted by Crippen LogP contribution is -2.68. The predicted octanol–water partition coefficient (Wildman–Crippen LogP) is -4.44. The predicted molar refractivity (Wildman–Crippen MR) is 54.7 cm³/mol. The van der Waals surface area contributed by atoms with Crippen LogP contribution in [0.3, 0.4) is 0 Å². The lowest BCUT2D eigenvalue weighted by molar-refractivity contribution is -0.371. The molecule has 20 heavy (non-hydrogen) atoms. The van der Waals surface area contributed by atoms with E-state index in [9.17, 15) is 39.6 Å². The van der Waals surface area contributed by atoms with Crippen molar-refractivity contribution in [2.75, 3.05) is 0 Å². The zero-order valence-electron chi connectivity index (χ0n) is 10.9. The first kappa shape index (κ1) is 17.9. The third-order valence-electron chi connectivity index (χ3n) is 3.12. The zero-order chi connectivity index (χ0) is 15.9. The Kier molecular flexibility index (Phi) is 6.67. The molecule has 0 spiro atoms. The molecular weight excluding hydrogens is 272 g/mol. The maximum Gasteiger partial charge on any atom is 0.0967 e. The van der Waals surface area contributed by atoms with Gasteiger partial charge in [-0.3, -0.25) is 0 Å². The van der Waals surface area contributed by atoms with Gasteiger partial charge in [0, 0.05) is 11.9 Å². The van der Waals surface area contributed by atoms with Crippen molar-refractivity contribution in [3.05, 3.63) is 0 Å². The molecule has 0 aromatic rings. The maximum atomic E-state index is 10.9. The number of carbonyl (C=O) groups excluding carboxylic acids is 4. The Bertz CT molecular complexity index is 364. The van der Waals surface area contributed by atoms with Crippen LogP contribution in [0, 0.1) is 11.3 Å². The van der Waals surface area contributed by atoms with Crippen LogP contribution in [0.15, 0.2) is 0 Å². The normalized spacial score (nSPS) is 12.7. The molecule has 0 radical (unpaired) electrons. The molecule has 0 aromatic carbocycles. The molecule has 0 N–H and O–H groups in total. The van der Waals surface area contributed by atoms with E-state index in [4.69, 9.17) is 0 Å². The van der Waals surface area contributed by atoms with E-state index in [-0.39, 0.29) is 6.42 Å². The number of carboxylic acid groups (broad SMARTS) is 4. The summed E-state index contributed by atoms with van der Waals surface area (Å²) < 4.78 is 0. The molecule has 0 aliphatic heterocycles. The first-order chi connectivity index (χ1) is 9.22. The van der Waals surface area contributed by atoms with Gasteiger partial charge < -0.3 is 39.6 Å². The van der Waals surface area contributed by atoms with Crippen molar-refractivity contribution in [2.45, 2.75) is 39.0 Å². The van der Waals surface area contributed by atoms with Crippen molar-refractivity contribution >= 4 is 23.9 Å². The highest BCUT2D eigenvalue weighted by Gasteiger charge is 2.44. The van der Waals surface area contributed by atoms with E-state index < -0.39 is 41.6 Å². The van der Waals surface area contributed by atoms with Crippen molar-refractivity contribution in [1.82, 2.24) is 0 Å². The summed E-state index contributed by atoms with van der Waals surface area (Å²) in [4.78, 5) is 43.6. The third kappa shape index (κ3) is 3.46. The summed E-state index contributed by atoms with van der Waals surface area (Å²) in [6.45, 7) is 1.87. The maximum absolute atomic E-state index is 10.9. The Balaban J connectivity index is 5.45. The van der Waals surface area contributed by atoms with Crippen LogP contribution in [0.2, 0.25) is 0 Å². The largest absolute Gasteiger partial charge is 0.550 e. The summed E-state index contributed by atoms with van der Waals surface area (Å²) in [5.74, 6) is -12.2. The van der Waals surface area contributed by atoms with E-state index in [1.165, 1.54) is 0 Å². The molecule has 0 saturated carbocycles. The van der Waals surface area contributed by atoms with Crippen LogP contribution < -0.4 is 20.4 Å². The van der Waals surface area contributed by atoms with E-state index in [0.29, 0.717) is 12.8 Å². The molecule has 0 amide bonds.